The van der Waals surface area contributed by atoms with Crippen molar-refractivity contribution in [3.05, 3.63) is 29.3 Å². The van der Waals surface area contributed by atoms with Crippen molar-refractivity contribution in [2.75, 3.05) is 26.9 Å². The van der Waals surface area contributed by atoms with Crippen molar-refractivity contribution in [1.29, 1.82) is 0 Å². The van der Waals surface area contributed by atoms with Crippen molar-refractivity contribution in [2.24, 2.45) is 0 Å². The lowest BCUT2D eigenvalue weighted by atomic mass is 10.1. The maximum Gasteiger partial charge on any atom is 0.122 e. The van der Waals surface area contributed by atoms with Crippen LogP contribution < -0.4 is 4.74 Å². The van der Waals surface area contributed by atoms with Gasteiger partial charge in [-0.15, -0.1) is 0 Å². The number of ether oxygens (including phenoxy) is 2. The van der Waals surface area contributed by atoms with Crippen molar-refractivity contribution >= 4 is 0 Å². The summed E-state index contributed by atoms with van der Waals surface area (Å²) in [6.07, 6.45) is 1.99. The van der Waals surface area contributed by atoms with E-state index < -0.39 is 0 Å². The third-order valence-corrected chi connectivity index (χ3v) is 2.49. The van der Waals surface area contributed by atoms with Gasteiger partial charge in [-0.05, 0) is 43.5 Å². The molecule has 0 radical (unpaired) electrons. The molecule has 3 nitrogen and oxygen atoms in total. The third-order valence-electron chi connectivity index (χ3n) is 2.49. The molecule has 18 heavy (non-hydrogen) atoms. The van der Waals surface area contributed by atoms with Gasteiger partial charge < -0.3 is 14.6 Å². The molecule has 0 fully saturated rings. The molecule has 1 rings (SSSR count). The summed E-state index contributed by atoms with van der Waals surface area (Å²) in [5, 5.41) is 8.63. The summed E-state index contributed by atoms with van der Waals surface area (Å²) < 4.78 is 10.7. The van der Waals surface area contributed by atoms with Crippen LogP contribution in [0.5, 0.6) is 5.75 Å². The SMILES string of the molecule is COCCCCOc1ccc(C#CCO)cc1C. The molecule has 0 aromatic heterocycles. The largest absolute Gasteiger partial charge is 0.493 e. The minimum absolute atomic E-state index is 0.114. The summed E-state index contributed by atoms with van der Waals surface area (Å²) in [4.78, 5) is 0. The molecular formula is C15H20O3. The highest BCUT2D eigenvalue weighted by molar-refractivity contribution is 5.43. The normalized spacial score (nSPS) is 9.72. The van der Waals surface area contributed by atoms with Gasteiger partial charge in [-0.3, -0.25) is 0 Å². The number of methoxy groups -OCH3 is 1. The fraction of sp³-hybridized carbons (Fsp3) is 0.467. The first-order valence-corrected chi connectivity index (χ1v) is 6.10. The Hall–Kier alpha value is -1.50. The van der Waals surface area contributed by atoms with Crippen LogP contribution in [-0.2, 0) is 4.74 Å². The molecule has 0 unspecified atom stereocenters. The quantitative estimate of drug-likeness (QED) is 0.619. The van der Waals surface area contributed by atoms with Crippen LogP contribution >= 0.6 is 0 Å². The molecule has 0 aliphatic heterocycles. The van der Waals surface area contributed by atoms with Crippen molar-refractivity contribution in [3.63, 3.8) is 0 Å². The second-order valence-electron chi connectivity index (χ2n) is 3.99. The van der Waals surface area contributed by atoms with E-state index in [0.29, 0.717) is 6.61 Å². The summed E-state index contributed by atoms with van der Waals surface area (Å²) in [5.74, 6) is 6.39. The maximum atomic E-state index is 8.63. The Morgan fingerprint density at radius 1 is 1.22 bits per heavy atom. The molecule has 0 aliphatic rings. The van der Waals surface area contributed by atoms with E-state index in [-0.39, 0.29) is 6.61 Å². The van der Waals surface area contributed by atoms with Crippen LogP contribution in [-0.4, -0.2) is 32.0 Å². The van der Waals surface area contributed by atoms with E-state index in [4.69, 9.17) is 14.6 Å². The zero-order valence-electron chi connectivity index (χ0n) is 11.0. The molecule has 0 heterocycles. The number of hydrogen-bond donors (Lipinski definition) is 1. The molecule has 0 amide bonds. The van der Waals surface area contributed by atoms with Crippen LogP contribution in [0.15, 0.2) is 18.2 Å². The summed E-state index contributed by atoms with van der Waals surface area (Å²) in [6, 6.07) is 5.79. The van der Waals surface area contributed by atoms with Gasteiger partial charge >= 0.3 is 0 Å². The minimum atomic E-state index is -0.114. The first kappa shape index (κ1) is 14.6. The second-order valence-corrected chi connectivity index (χ2v) is 3.99. The van der Waals surface area contributed by atoms with E-state index in [2.05, 4.69) is 11.8 Å². The lowest BCUT2D eigenvalue weighted by Gasteiger charge is -2.09. The van der Waals surface area contributed by atoms with Crippen LogP contribution in [0.25, 0.3) is 0 Å². The van der Waals surface area contributed by atoms with Crippen LogP contribution in [0.3, 0.4) is 0 Å². The van der Waals surface area contributed by atoms with Gasteiger partial charge in [0.1, 0.15) is 12.4 Å². The standard InChI is InChI=1S/C15H20O3/c1-13-12-14(6-5-9-16)7-8-15(13)18-11-4-3-10-17-2/h7-8,12,16H,3-4,9-11H2,1-2H3. The molecule has 0 atom stereocenters. The van der Waals surface area contributed by atoms with E-state index in [1.807, 2.05) is 25.1 Å². The summed E-state index contributed by atoms with van der Waals surface area (Å²) in [5.41, 5.74) is 1.96. The van der Waals surface area contributed by atoms with E-state index in [0.717, 1.165) is 36.3 Å². The van der Waals surface area contributed by atoms with Gasteiger partial charge in [-0.1, -0.05) is 11.8 Å². The number of rotatable bonds is 6. The highest BCUT2D eigenvalue weighted by Gasteiger charge is 2.00. The molecule has 0 saturated heterocycles. The van der Waals surface area contributed by atoms with E-state index in [1.165, 1.54) is 0 Å². The van der Waals surface area contributed by atoms with Crippen LogP contribution in [0.1, 0.15) is 24.0 Å². The molecule has 1 aromatic carbocycles. The first-order chi connectivity index (χ1) is 8.77. The number of aryl methyl sites for hydroxylation is 1. The Bertz CT molecular complexity index is 415. The molecule has 3 heteroatoms. The van der Waals surface area contributed by atoms with Crippen molar-refractivity contribution in [1.82, 2.24) is 0 Å². The van der Waals surface area contributed by atoms with E-state index >= 15 is 0 Å². The molecule has 0 bridgehead atoms. The number of unbranched alkanes of at least 4 members (excludes halogenated alkanes) is 1. The molecular weight excluding hydrogens is 228 g/mol. The zero-order valence-corrected chi connectivity index (χ0v) is 11.0. The Morgan fingerprint density at radius 3 is 2.67 bits per heavy atom. The second kappa shape index (κ2) is 8.57. The monoisotopic (exact) mass is 248 g/mol. The fourth-order valence-electron chi connectivity index (χ4n) is 1.56. The van der Waals surface area contributed by atoms with Gasteiger partial charge in [-0.2, -0.15) is 0 Å². The van der Waals surface area contributed by atoms with Gasteiger partial charge in [0.15, 0.2) is 0 Å². The van der Waals surface area contributed by atoms with E-state index in [9.17, 15) is 0 Å². The first-order valence-electron chi connectivity index (χ1n) is 6.10. The summed E-state index contributed by atoms with van der Waals surface area (Å²) in [7, 11) is 1.71. The highest BCUT2D eigenvalue weighted by Crippen LogP contribution is 2.19. The van der Waals surface area contributed by atoms with Gasteiger partial charge in [0.25, 0.3) is 0 Å². The summed E-state index contributed by atoms with van der Waals surface area (Å²) in [6.45, 7) is 3.36. The van der Waals surface area contributed by atoms with Crippen LogP contribution in [0, 0.1) is 18.8 Å². The minimum Gasteiger partial charge on any atom is -0.493 e. The predicted octanol–water partition coefficient (Wildman–Crippen LogP) is 2.14. The van der Waals surface area contributed by atoms with Crippen molar-refractivity contribution in [2.45, 2.75) is 19.8 Å². The van der Waals surface area contributed by atoms with Gasteiger partial charge in [-0.25, -0.2) is 0 Å². The van der Waals surface area contributed by atoms with Gasteiger partial charge in [0.05, 0.1) is 6.61 Å². The summed E-state index contributed by atoms with van der Waals surface area (Å²) >= 11 is 0. The average Bonchev–Trinajstić information content (AvgIpc) is 2.38. The van der Waals surface area contributed by atoms with Gasteiger partial charge in [0, 0.05) is 19.3 Å². The zero-order chi connectivity index (χ0) is 13.2. The molecule has 0 spiro atoms. The van der Waals surface area contributed by atoms with Crippen molar-refractivity contribution in [3.8, 4) is 17.6 Å². The Balaban J connectivity index is 2.47. The maximum absolute atomic E-state index is 8.63. The third kappa shape index (κ3) is 5.22. The molecule has 1 N–H and O–H groups in total. The lowest BCUT2D eigenvalue weighted by Crippen LogP contribution is -2.00. The predicted molar refractivity (Wildman–Crippen MR) is 71.7 cm³/mol. The highest BCUT2D eigenvalue weighted by atomic mass is 16.5. The fourth-order valence-corrected chi connectivity index (χ4v) is 1.56. The average molecular weight is 248 g/mol. The molecule has 0 aliphatic carbocycles. The van der Waals surface area contributed by atoms with Gasteiger partial charge in [0.2, 0.25) is 0 Å². The molecule has 98 valence electrons. The smallest absolute Gasteiger partial charge is 0.122 e. The van der Waals surface area contributed by atoms with Crippen molar-refractivity contribution < 1.29 is 14.6 Å². The molecule has 1 aromatic rings. The lowest BCUT2D eigenvalue weighted by molar-refractivity contribution is 0.184. The Kier molecular flexibility index (Phi) is 6.93. The topological polar surface area (TPSA) is 38.7 Å². The Morgan fingerprint density at radius 2 is 2.00 bits per heavy atom. The van der Waals surface area contributed by atoms with Crippen LogP contribution in [0.2, 0.25) is 0 Å². The Labute approximate surface area is 109 Å². The van der Waals surface area contributed by atoms with E-state index in [1.54, 1.807) is 7.11 Å². The number of benzene rings is 1. The van der Waals surface area contributed by atoms with Crippen LogP contribution in [0.4, 0.5) is 0 Å². The number of hydrogen-bond acceptors (Lipinski definition) is 3. The number of aliphatic hydroxyl groups excluding tert-OH is 1. The molecule has 0 saturated carbocycles. The number of aliphatic hydroxyl groups is 1.